The van der Waals surface area contributed by atoms with Gasteiger partial charge in [-0.05, 0) is 36.8 Å². The fourth-order valence-corrected chi connectivity index (χ4v) is 3.43. The third kappa shape index (κ3) is 4.59. The summed E-state index contributed by atoms with van der Waals surface area (Å²) in [5.74, 6) is -2.12. The normalized spacial score (nSPS) is 13.1. The number of phenolic OH excluding ortho intramolecular Hbond substituents is 1. The van der Waals surface area contributed by atoms with Crippen molar-refractivity contribution in [2.45, 2.75) is 13.5 Å². The van der Waals surface area contributed by atoms with Gasteiger partial charge in [-0.25, -0.2) is 4.79 Å². The molecule has 11 heteroatoms. The molecule has 0 aromatic heterocycles. The van der Waals surface area contributed by atoms with E-state index >= 15 is 0 Å². The molecule has 2 aromatic rings. The second-order valence-corrected chi connectivity index (χ2v) is 7.19. The molecule has 0 radical (unpaired) electrons. The van der Waals surface area contributed by atoms with Gasteiger partial charge in [0.15, 0.2) is 18.2 Å². The van der Waals surface area contributed by atoms with Gasteiger partial charge in [0.05, 0.1) is 18.7 Å². The molecular weight excluding hydrogens is 442 g/mol. The highest BCUT2D eigenvalue weighted by Crippen LogP contribution is 2.36. The van der Waals surface area contributed by atoms with Gasteiger partial charge in [0.25, 0.3) is 5.91 Å². The van der Waals surface area contributed by atoms with Crippen molar-refractivity contribution >= 4 is 35.1 Å². The number of carbonyl (C=O) groups excluding carboxylic acids is 3. The fourth-order valence-electron chi connectivity index (χ4n) is 3.21. The summed E-state index contributed by atoms with van der Waals surface area (Å²) in [6.45, 7) is 1.27. The molecule has 1 aliphatic rings. The second kappa shape index (κ2) is 9.56. The monoisotopic (exact) mass is 461 g/mol. The summed E-state index contributed by atoms with van der Waals surface area (Å²) in [6.07, 6.45) is 0. The number of amidine groups is 1. The van der Waals surface area contributed by atoms with E-state index in [2.05, 4.69) is 5.16 Å². The molecule has 1 aliphatic heterocycles. The molecule has 2 aromatic carbocycles. The molecule has 0 saturated carbocycles. The number of carbonyl (C=O) groups is 3. The van der Waals surface area contributed by atoms with Gasteiger partial charge in [0.2, 0.25) is 0 Å². The van der Waals surface area contributed by atoms with Crippen molar-refractivity contribution in [3.63, 3.8) is 0 Å². The highest BCUT2D eigenvalue weighted by atomic mass is 35.5. The number of amides is 1. The van der Waals surface area contributed by atoms with Crippen molar-refractivity contribution in [2.75, 3.05) is 19.8 Å². The Labute approximate surface area is 187 Å². The summed E-state index contributed by atoms with van der Waals surface area (Å²) in [6, 6.07) is 7.33. The van der Waals surface area contributed by atoms with Crippen LogP contribution >= 0.6 is 11.6 Å². The zero-order valence-electron chi connectivity index (χ0n) is 17.0. The van der Waals surface area contributed by atoms with Gasteiger partial charge in [0.1, 0.15) is 16.5 Å². The molecule has 32 heavy (non-hydrogen) atoms. The summed E-state index contributed by atoms with van der Waals surface area (Å²) in [4.78, 5) is 38.1. The number of aromatic hydroxyl groups is 1. The highest BCUT2D eigenvalue weighted by Gasteiger charge is 2.30. The predicted octanol–water partition coefficient (Wildman–Crippen LogP) is 1.92. The number of rotatable bonds is 8. The SMILES string of the molecule is CCOC(=O)COc1ccc(C(=O)CN2Cc3cc(C(N)=NO)ccc3C2=O)c(O)c1Cl. The molecule has 4 N–H and O–H groups in total. The van der Waals surface area contributed by atoms with Crippen LogP contribution in [0.2, 0.25) is 5.02 Å². The lowest BCUT2D eigenvalue weighted by atomic mass is 10.1. The van der Waals surface area contributed by atoms with Crippen LogP contribution in [-0.2, 0) is 16.1 Å². The Morgan fingerprint density at radius 3 is 2.72 bits per heavy atom. The number of halogens is 1. The fraction of sp³-hybridized carbons (Fsp3) is 0.238. The zero-order chi connectivity index (χ0) is 23.4. The van der Waals surface area contributed by atoms with E-state index in [9.17, 15) is 19.5 Å². The maximum atomic E-state index is 12.8. The average Bonchev–Trinajstić information content (AvgIpc) is 3.08. The Kier molecular flexibility index (Phi) is 6.84. The number of nitrogens with two attached hydrogens (primary N) is 1. The number of ketones is 1. The van der Waals surface area contributed by atoms with Crippen LogP contribution in [0.5, 0.6) is 11.5 Å². The standard InChI is InChI=1S/C21H20ClN3O7/c1-2-31-17(27)10-32-16-6-5-14(19(28)18(16)22)15(26)9-25-8-12-7-11(20(23)24-30)3-4-13(12)21(25)29/h3-7,28,30H,2,8-10H2,1H3,(H2,23,24). The lowest BCUT2D eigenvalue weighted by Gasteiger charge is -2.16. The predicted molar refractivity (Wildman–Crippen MR) is 113 cm³/mol. The van der Waals surface area contributed by atoms with E-state index in [4.69, 9.17) is 32.0 Å². The lowest BCUT2D eigenvalue weighted by molar-refractivity contribution is -0.145. The van der Waals surface area contributed by atoms with Crippen LogP contribution in [0.4, 0.5) is 0 Å². The number of Topliss-reactive ketones (excluding diaryl/α,β-unsaturated/α-hetero) is 1. The summed E-state index contributed by atoms with van der Waals surface area (Å²) >= 11 is 6.08. The first-order valence-electron chi connectivity index (χ1n) is 9.50. The van der Waals surface area contributed by atoms with E-state index < -0.39 is 24.1 Å². The molecule has 3 rings (SSSR count). The minimum absolute atomic E-state index is 0.00842. The minimum Gasteiger partial charge on any atom is -0.505 e. The number of oxime groups is 1. The quantitative estimate of drug-likeness (QED) is 0.135. The molecule has 0 aliphatic carbocycles. The van der Waals surface area contributed by atoms with Crippen molar-refractivity contribution in [2.24, 2.45) is 10.9 Å². The van der Waals surface area contributed by atoms with Gasteiger partial charge < -0.3 is 30.4 Å². The Hall–Kier alpha value is -3.79. The number of benzene rings is 2. The number of fused-ring (bicyclic) bond motifs is 1. The Bertz CT molecular complexity index is 1120. The van der Waals surface area contributed by atoms with Gasteiger partial charge in [-0.2, -0.15) is 0 Å². The molecule has 0 spiro atoms. The first-order chi connectivity index (χ1) is 15.3. The van der Waals surface area contributed by atoms with Crippen molar-refractivity contribution in [1.29, 1.82) is 0 Å². The third-order valence-electron chi connectivity index (χ3n) is 4.75. The van der Waals surface area contributed by atoms with Crippen molar-refractivity contribution < 1.29 is 34.2 Å². The molecule has 0 saturated heterocycles. The smallest absolute Gasteiger partial charge is 0.344 e. The van der Waals surface area contributed by atoms with Crippen LogP contribution in [-0.4, -0.2) is 58.5 Å². The summed E-state index contributed by atoms with van der Waals surface area (Å²) in [7, 11) is 0. The van der Waals surface area contributed by atoms with E-state index in [0.29, 0.717) is 16.7 Å². The summed E-state index contributed by atoms with van der Waals surface area (Å²) in [5.41, 5.74) is 6.95. The van der Waals surface area contributed by atoms with E-state index in [1.54, 1.807) is 19.1 Å². The molecule has 0 atom stereocenters. The van der Waals surface area contributed by atoms with E-state index in [-0.39, 0.29) is 47.8 Å². The molecule has 0 fully saturated rings. The molecule has 168 valence electrons. The van der Waals surface area contributed by atoms with Crippen molar-refractivity contribution in [3.8, 4) is 11.5 Å². The molecule has 0 bridgehead atoms. The number of nitrogens with zero attached hydrogens (tertiary/aromatic N) is 2. The Balaban J connectivity index is 1.72. The second-order valence-electron chi connectivity index (χ2n) is 6.81. The molecule has 1 amide bonds. The zero-order valence-corrected chi connectivity index (χ0v) is 17.8. The van der Waals surface area contributed by atoms with Gasteiger partial charge in [0, 0.05) is 17.7 Å². The van der Waals surface area contributed by atoms with Gasteiger partial charge >= 0.3 is 5.97 Å². The number of hydrogen-bond acceptors (Lipinski definition) is 8. The molecule has 10 nitrogen and oxygen atoms in total. The van der Waals surface area contributed by atoms with Gasteiger partial charge in [-0.15, -0.1) is 0 Å². The first kappa shape index (κ1) is 22.9. The van der Waals surface area contributed by atoms with Crippen molar-refractivity contribution in [3.05, 3.63) is 57.6 Å². The average molecular weight is 462 g/mol. The maximum Gasteiger partial charge on any atom is 0.344 e. The minimum atomic E-state index is -0.606. The van der Waals surface area contributed by atoms with Crippen molar-refractivity contribution in [1.82, 2.24) is 4.90 Å². The largest absolute Gasteiger partial charge is 0.505 e. The van der Waals surface area contributed by atoms with E-state index in [1.165, 1.54) is 23.1 Å². The van der Waals surface area contributed by atoms with Crippen LogP contribution in [0.25, 0.3) is 0 Å². The molecule has 1 heterocycles. The maximum absolute atomic E-state index is 12.8. The van der Waals surface area contributed by atoms with Crippen LogP contribution in [0.1, 0.15) is 38.8 Å². The van der Waals surface area contributed by atoms with Crippen LogP contribution in [0.3, 0.4) is 0 Å². The number of hydrogen-bond donors (Lipinski definition) is 3. The third-order valence-corrected chi connectivity index (χ3v) is 5.12. The van der Waals surface area contributed by atoms with Gasteiger partial charge in [-0.1, -0.05) is 22.8 Å². The number of esters is 1. The number of ether oxygens (including phenoxy) is 2. The molecule has 0 unspecified atom stereocenters. The van der Waals surface area contributed by atoms with Crippen LogP contribution < -0.4 is 10.5 Å². The topological polar surface area (TPSA) is 152 Å². The summed E-state index contributed by atoms with van der Waals surface area (Å²) in [5, 5.41) is 21.9. The van der Waals surface area contributed by atoms with Crippen LogP contribution in [0.15, 0.2) is 35.5 Å². The van der Waals surface area contributed by atoms with E-state index in [1.807, 2.05) is 0 Å². The highest BCUT2D eigenvalue weighted by molar-refractivity contribution is 6.34. The Morgan fingerprint density at radius 1 is 1.28 bits per heavy atom. The van der Waals surface area contributed by atoms with E-state index in [0.717, 1.165) is 0 Å². The number of phenols is 1. The molecular formula is C21H20ClN3O7. The Morgan fingerprint density at radius 2 is 2.03 bits per heavy atom. The summed E-state index contributed by atoms with van der Waals surface area (Å²) < 4.78 is 9.97. The van der Waals surface area contributed by atoms with Crippen LogP contribution in [0, 0.1) is 0 Å². The first-order valence-corrected chi connectivity index (χ1v) is 9.87. The lowest BCUT2D eigenvalue weighted by Crippen LogP contribution is -2.30. The van der Waals surface area contributed by atoms with Gasteiger partial charge in [-0.3, -0.25) is 9.59 Å².